The normalized spacial score (nSPS) is 10.1. The molecule has 2 N–H and O–H groups in total. The van der Waals surface area contributed by atoms with Crippen LogP contribution in [-0.2, 0) is 4.79 Å². The van der Waals surface area contributed by atoms with Crippen molar-refractivity contribution in [3.8, 4) is 5.75 Å². The van der Waals surface area contributed by atoms with Crippen molar-refractivity contribution in [2.45, 2.75) is 0 Å². The third-order valence-electron chi connectivity index (χ3n) is 1.97. The second-order valence-corrected chi connectivity index (χ2v) is 2.76. The number of carbonyl (C=O) groups excluding carboxylic acids is 1. The zero-order valence-corrected chi connectivity index (χ0v) is 7.57. The van der Waals surface area contributed by atoms with Gasteiger partial charge in [0.2, 0.25) is 6.41 Å². The molecule has 0 atom stereocenters. The van der Waals surface area contributed by atoms with Gasteiger partial charge in [0.15, 0.2) is 0 Å². The first-order valence-electron chi connectivity index (χ1n) is 4.07. The number of nitrogens with one attached hydrogen (secondary N) is 2. The molecule has 0 radical (unpaired) electrons. The Morgan fingerprint density at radius 2 is 2.43 bits per heavy atom. The second kappa shape index (κ2) is 3.37. The topological polar surface area (TPSA) is 67.0 Å². The molecule has 0 aliphatic heterocycles. The lowest BCUT2D eigenvalue weighted by molar-refractivity contribution is -0.105. The summed E-state index contributed by atoms with van der Waals surface area (Å²) in [6.07, 6.45) is 2.37. The summed E-state index contributed by atoms with van der Waals surface area (Å²) in [5, 5.41) is 10.2. The van der Waals surface area contributed by atoms with Crippen LogP contribution in [0.2, 0.25) is 0 Å². The van der Waals surface area contributed by atoms with Crippen LogP contribution >= 0.6 is 0 Å². The molecule has 2 rings (SSSR count). The molecule has 5 nitrogen and oxygen atoms in total. The summed E-state index contributed by atoms with van der Waals surface area (Å²) in [4.78, 5) is 10.3. The maximum absolute atomic E-state index is 10.3. The fraction of sp³-hybridized carbons (Fsp3) is 0.111. The highest BCUT2D eigenvalue weighted by atomic mass is 16.5. The van der Waals surface area contributed by atoms with E-state index in [1.54, 1.807) is 25.4 Å². The molecule has 1 aromatic carbocycles. The third kappa shape index (κ3) is 1.28. The zero-order valence-electron chi connectivity index (χ0n) is 7.57. The molecule has 5 heteroatoms. The number of amides is 1. The minimum atomic E-state index is 0.594. The Morgan fingerprint density at radius 1 is 1.57 bits per heavy atom. The number of methoxy groups -OCH3 is 1. The van der Waals surface area contributed by atoms with E-state index in [0.717, 1.165) is 10.9 Å². The Hall–Kier alpha value is -2.04. The molecule has 1 aromatic heterocycles. The van der Waals surface area contributed by atoms with Gasteiger partial charge >= 0.3 is 0 Å². The van der Waals surface area contributed by atoms with Crippen molar-refractivity contribution >= 4 is 23.0 Å². The molecule has 72 valence electrons. The van der Waals surface area contributed by atoms with Gasteiger partial charge in [0, 0.05) is 17.6 Å². The maximum Gasteiger partial charge on any atom is 0.211 e. The van der Waals surface area contributed by atoms with Gasteiger partial charge in [0.25, 0.3) is 0 Å². The number of benzene rings is 1. The molecule has 1 amide bonds. The van der Waals surface area contributed by atoms with Crippen LogP contribution in [0.3, 0.4) is 0 Å². The number of hydrogen-bond acceptors (Lipinski definition) is 3. The number of aromatic nitrogens is 2. The lowest BCUT2D eigenvalue weighted by Gasteiger charge is -2.06. The number of fused-ring (bicyclic) bond motifs is 1. The molecular weight excluding hydrogens is 182 g/mol. The number of H-pyrrole nitrogens is 1. The van der Waals surface area contributed by atoms with E-state index in [1.165, 1.54) is 0 Å². The summed E-state index contributed by atoms with van der Waals surface area (Å²) in [5.74, 6) is 0.594. The van der Waals surface area contributed by atoms with E-state index < -0.39 is 0 Å². The summed E-state index contributed by atoms with van der Waals surface area (Å²) in [5.41, 5.74) is 1.44. The fourth-order valence-electron chi connectivity index (χ4n) is 1.31. The highest BCUT2D eigenvalue weighted by Gasteiger charge is 2.05. The largest absolute Gasteiger partial charge is 0.494 e. The molecule has 0 unspecified atom stereocenters. The van der Waals surface area contributed by atoms with Gasteiger partial charge in [-0.25, -0.2) is 0 Å². The number of carbonyl (C=O) groups is 1. The van der Waals surface area contributed by atoms with Crippen LogP contribution in [0.4, 0.5) is 5.69 Å². The highest BCUT2D eigenvalue weighted by molar-refractivity contribution is 5.88. The Morgan fingerprint density at radius 3 is 3.14 bits per heavy atom. The number of ether oxygens (including phenoxy) is 1. The zero-order chi connectivity index (χ0) is 9.97. The van der Waals surface area contributed by atoms with Gasteiger partial charge < -0.3 is 10.1 Å². The predicted octanol–water partition coefficient (Wildman–Crippen LogP) is 1.14. The first-order chi connectivity index (χ1) is 6.85. The molecule has 0 bridgehead atoms. The van der Waals surface area contributed by atoms with E-state index in [4.69, 9.17) is 4.74 Å². The van der Waals surface area contributed by atoms with Gasteiger partial charge in [-0.3, -0.25) is 9.89 Å². The minimum Gasteiger partial charge on any atom is -0.494 e. The molecule has 0 fully saturated rings. The lowest BCUT2D eigenvalue weighted by atomic mass is 10.2. The summed E-state index contributed by atoms with van der Waals surface area (Å²) < 4.78 is 5.10. The third-order valence-corrected chi connectivity index (χ3v) is 1.97. The van der Waals surface area contributed by atoms with Gasteiger partial charge in [-0.15, -0.1) is 0 Å². The molecule has 0 saturated carbocycles. The van der Waals surface area contributed by atoms with Crippen LogP contribution in [-0.4, -0.2) is 23.7 Å². The standard InChI is InChI=1S/C9H9N3O2/c1-14-9-3-7-6(4-11-12-7)2-8(9)10-5-13/h2-5H,1H3,(H,10,13)(H,11,12). The smallest absolute Gasteiger partial charge is 0.211 e. The number of anilines is 1. The Kier molecular flexibility index (Phi) is 2.06. The summed E-state index contributed by atoms with van der Waals surface area (Å²) in [6.45, 7) is 0. The van der Waals surface area contributed by atoms with Crippen molar-refractivity contribution in [3.05, 3.63) is 18.3 Å². The van der Waals surface area contributed by atoms with Gasteiger partial charge in [-0.1, -0.05) is 0 Å². The van der Waals surface area contributed by atoms with Crippen LogP contribution in [0.5, 0.6) is 5.75 Å². The average molecular weight is 191 g/mol. The molecular formula is C9H9N3O2. The monoisotopic (exact) mass is 191 g/mol. The number of aromatic amines is 1. The second-order valence-electron chi connectivity index (χ2n) is 2.76. The van der Waals surface area contributed by atoms with Crippen LogP contribution in [0.15, 0.2) is 18.3 Å². The first kappa shape index (κ1) is 8.55. The Balaban J connectivity index is 2.59. The van der Waals surface area contributed by atoms with Gasteiger partial charge in [-0.2, -0.15) is 5.10 Å². The van der Waals surface area contributed by atoms with E-state index in [2.05, 4.69) is 15.5 Å². The molecule has 14 heavy (non-hydrogen) atoms. The van der Waals surface area contributed by atoms with Gasteiger partial charge in [0.1, 0.15) is 5.75 Å². The van der Waals surface area contributed by atoms with E-state index in [9.17, 15) is 4.79 Å². The van der Waals surface area contributed by atoms with E-state index >= 15 is 0 Å². The van der Waals surface area contributed by atoms with Crippen molar-refractivity contribution in [2.75, 3.05) is 12.4 Å². The highest BCUT2D eigenvalue weighted by Crippen LogP contribution is 2.28. The molecule has 2 aromatic rings. The summed E-state index contributed by atoms with van der Waals surface area (Å²) >= 11 is 0. The number of hydrogen-bond donors (Lipinski definition) is 2. The molecule has 1 heterocycles. The molecule has 0 aliphatic rings. The van der Waals surface area contributed by atoms with Gasteiger partial charge in [-0.05, 0) is 6.07 Å². The lowest BCUT2D eigenvalue weighted by Crippen LogP contribution is -1.97. The number of rotatable bonds is 3. The van der Waals surface area contributed by atoms with E-state index in [-0.39, 0.29) is 0 Å². The molecule has 0 spiro atoms. The van der Waals surface area contributed by atoms with Crippen molar-refractivity contribution in [2.24, 2.45) is 0 Å². The van der Waals surface area contributed by atoms with Crippen LogP contribution in [0, 0.1) is 0 Å². The van der Waals surface area contributed by atoms with Crippen LogP contribution < -0.4 is 10.1 Å². The minimum absolute atomic E-state index is 0.594. The van der Waals surface area contributed by atoms with E-state index in [1.807, 2.05) is 0 Å². The predicted molar refractivity (Wildman–Crippen MR) is 52.3 cm³/mol. The summed E-state index contributed by atoms with van der Waals surface area (Å²) in [6, 6.07) is 3.56. The Bertz CT molecular complexity index is 464. The maximum atomic E-state index is 10.3. The SMILES string of the molecule is COc1cc2n[nH]cc2cc1NC=O. The molecule has 0 saturated heterocycles. The van der Waals surface area contributed by atoms with Gasteiger partial charge in [0.05, 0.1) is 18.3 Å². The quantitative estimate of drug-likeness (QED) is 0.715. The Labute approximate surface area is 80.1 Å². The van der Waals surface area contributed by atoms with E-state index in [0.29, 0.717) is 17.8 Å². The first-order valence-corrected chi connectivity index (χ1v) is 4.07. The van der Waals surface area contributed by atoms with Crippen molar-refractivity contribution in [1.82, 2.24) is 10.2 Å². The van der Waals surface area contributed by atoms with Crippen molar-refractivity contribution in [1.29, 1.82) is 0 Å². The van der Waals surface area contributed by atoms with Crippen molar-refractivity contribution in [3.63, 3.8) is 0 Å². The van der Waals surface area contributed by atoms with Crippen LogP contribution in [0.25, 0.3) is 10.9 Å². The molecule has 0 aliphatic carbocycles. The van der Waals surface area contributed by atoms with Crippen molar-refractivity contribution < 1.29 is 9.53 Å². The number of nitrogens with zero attached hydrogens (tertiary/aromatic N) is 1. The fourth-order valence-corrected chi connectivity index (χ4v) is 1.31. The average Bonchev–Trinajstić information content (AvgIpc) is 2.64. The summed E-state index contributed by atoms with van der Waals surface area (Å²) in [7, 11) is 1.55. The van der Waals surface area contributed by atoms with Crippen LogP contribution in [0.1, 0.15) is 0 Å².